The minimum atomic E-state index is 0.0604. The molecule has 0 aliphatic carbocycles. The molecule has 0 unspecified atom stereocenters. The van der Waals surface area contributed by atoms with Gasteiger partial charge in [-0.05, 0) is 62.3 Å². The third-order valence-corrected chi connectivity index (χ3v) is 4.92. The zero-order valence-electron chi connectivity index (χ0n) is 14.0. The van der Waals surface area contributed by atoms with Crippen LogP contribution < -0.4 is 4.74 Å². The number of phenolic OH excluding ortho intramolecular Hbond substituents is 1. The lowest BCUT2D eigenvalue weighted by molar-refractivity contribution is 0.0827. The molecule has 1 saturated heterocycles. The molecule has 1 aliphatic heterocycles. The second kappa shape index (κ2) is 8.37. The van der Waals surface area contributed by atoms with E-state index in [0.717, 1.165) is 32.5 Å². The summed E-state index contributed by atoms with van der Waals surface area (Å²) >= 11 is 6.08. The molecule has 0 aromatic heterocycles. The predicted octanol–water partition coefficient (Wildman–Crippen LogP) is 4.02. The molecule has 0 atom stereocenters. The Labute approximate surface area is 153 Å². The van der Waals surface area contributed by atoms with E-state index in [-0.39, 0.29) is 17.5 Å². The number of benzene rings is 2. The van der Waals surface area contributed by atoms with Crippen LogP contribution in [0.3, 0.4) is 0 Å². The van der Waals surface area contributed by atoms with Crippen LogP contribution in [0, 0.1) is 5.92 Å². The SMILES string of the molecule is O=C(c1ccc(O)cc1)C1CCN(CCOc2ccccc2Cl)CC1. The van der Waals surface area contributed by atoms with Gasteiger partial charge in [-0.25, -0.2) is 0 Å². The number of hydrogen-bond donors (Lipinski definition) is 1. The average molecular weight is 360 g/mol. The number of rotatable bonds is 6. The van der Waals surface area contributed by atoms with Gasteiger partial charge in [-0.3, -0.25) is 9.69 Å². The fourth-order valence-electron chi connectivity index (χ4n) is 3.13. The van der Waals surface area contributed by atoms with Gasteiger partial charge in [0.2, 0.25) is 0 Å². The highest BCUT2D eigenvalue weighted by atomic mass is 35.5. The van der Waals surface area contributed by atoms with Gasteiger partial charge in [-0.2, -0.15) is 0 Å². The predicted molar refractivity (Wildman–Crippen MR) is 98.5 cm³/mol. The largest absolute Gasteiger partial charge is 0.508 e. The lowest BCUT2D eigenvalue weighted by atomic mass is 9.89. The second-order valence-corrected chi connectivity index (χ2v) is 6.71. The molecule has 1 fully saturated rings. The molecule has 2 aromatic carbocycles. The second-order valence-electron chi connectivity index (χ2n) is 6.31. The van der Waals surface area contributed by atoms with Gasteiger partial charge in [0.05, 0.1) is 5.02 Å². The summed E-state index contributed by atoms with van der Waals surface area (Å²) in [5.74, 6) is 1.13. The van der Waals surface area contributed by atoms with Gasteiger partial charge in [0.1, 0.15) is 18.1 Å². The molecular weight excluding hydrogens is 338 g/mol. The summed E-state index contributed by atoms with van der Waals surface area (Å²) in [6.45, 7) is 3.19. The van der Waals surface area contributed by atoms with Crippen molar-refractivity contribution in [2.24, 2.45) is 5.92 Å². The van der Waals surface area contributed by atoms with Crippen molar-refractivity contribution in [3.63, 3.8) is 0 Å². The molecule has 3 rings (SSSR count). The number of carbonyl (C=O) groups excluding carboxylic acids is 1. The number of hydrogen-bond acceptors (Lipinski definition) is 4. The van der Waals surface area contributed by atoms with E-state index < -0.39 is 0 Å². The first-order chi connectivity index (χ1) is 12.1. The third-order valence-electron chi connectivity index (χ3n) is 4.61. The number of piperidine rings is 1. The Kier molecular flexibility index (Phi) is 5.95. The van der Waals surface area contributed by atoms with Crippen molar-refractivity contribution in [3.05, 3.63) is 59.1 Å². The maximum Gasteiger partial charge on any atom is 0.166 e. The van der Waals surface area contributed by atoms with Crippen molar-refractivity contribution in [2.45, 2.75) is 12.8 Å². The lowest BCUT2D eigenvalue weighted by Gasteiger charge is -2.31. The van der Waals surface area contributed by atoms with Crippen molar-refractivity contribution in [1.29, 1.82) is 0 Å². The van der Waals surface area contributed by atoms with Crippen molar-refractivity contribution < 1.29 is 14.6 Å². The molecule has 5 heteroatoms. The van der Waals surface area contributed by atoms with Crippen LogP contribution in [-0.4, -0.2) is 42.0 Å². The Morgan fingerprint density at radius 2 is 1.80 bits per heavy atom. The van der Waals surface area contributed by atoms with Gasteiger partial charge < -0.3 is 9.84 Å². The van der Waals surface area contributed by atoms with Crippen molar-refractivity contribution >= 4 is 17.4 Å². The molecular formula is C20H22ClNO3. The summed E-state index contributed by atoms with van der Waals surface area (Å²) in [4.78, 5) is 14.8. The molecule has 1 heterocycles. The summed E-state index contributed by atoms with van der Waals surface area (Å²) in [5, 5.41) is 9.95. The van der Waals surface area contributed by atoms with E-state index in [0.29, 0.717) is 22.9 Å². The summed E-state index contributed by atoms with van der Waals surface area (Å²) in [7, 11) is 0. The Morgan fingerprint density at radius 1 is 1.12 bits per heavy atom. The van der Waals surface area contributed by atoms with Gasteiger partial charge >= 0.3 is 0 Å². The quantitative estimate of drug-likeness (QED) is 0.791. The summed E-state index contributed by atoms with van der Waals surface area (Å²) < 4.78 is 5.73. The van der Waals surface area contributed by atoms with E-state index >= 15 is 0 Å². The topological polar surface area (TPSA) is 49.8 Å². The van der Waals surface area contributed by atoms with Crippen LogP contribution in [-0.2, 0) is 0 Å². The minimum absolute atomic E-state index is 0.0604. The van der Waals surface area contributed by atoms with Crippen LogP contribution in [0.2, 0.25) is 5.02 Å². The van der Waals surface area contributed by atoms with Gasteiger partial charge in [0, 0.05) is 18.0 Å². The molecule has 132 valence electrons. The number of likely N-dealkylation sites (tertiary alicyclic amines) is 1. The first-order valence-corrected chi connectivity index (χ1v) is 8.94. The standard InChI is InChI=1S/C20H22ClNO3/c21-18-3-1-2-4-19(18)25-14-13-22-11-9-16(10-12-22)20(24)15-5-7-17(23)8-6-15/h1-8,16,23H,9-14H2. The first kappa shape index (κ1) is 17.8. The zero-order chi connectivity index (χ0) is 17.6. The van der Waals surface area contributed by atoms with Crippen molar-refractivity contribution in [3.8, 4) is 11.5 Å². The normalized spacial score (nSPS) is 15.9. The molecule has 4 nitrogen and oxygen atoms in total. The van der Waals surface area contributed by atoms with Gasteiger partial charge in [0.25, 0.3) is 0 Å². The number of ketones is 1. The average Bonchev–Trinajstić information content (AvgIpc) is 2.64. The van der Waals surface area contributed by atoms with Gasteiger partial charge in [-0.15, -0.1) is 0 Å². The van der Waals surface area contributed by atoms with Crippen molar-refractivity contribution in [1.82, 2.24) is 4.90 Å². The lowest BCUT2D eigenvalue weighted by Crippen LogP contribution is -2.38. The number of Topliss-reactive ketones (excluding diaryl/α,β-unsaturated/α-hetero) is 1. The maximum atomic E-state index is 12.5. The zero-order valence-corrected chi connectivity index (χ0v) is 14.8. The van der Waals surface area contributed by atoms with Gasteiger partial charge in [0.15, 0.2) is 5.78 Å². The number of halogens is 1. The Morgan fingerprint density at radius 3 is 2.48 bits per heavy atom. The molecule has 0 amide bonds. The third kappa shape index (κ3) is 4.74. The Bertz CT molecular complexity index is 709. The molecule has 0 spiro atoms. The number of ether oxygens (including phenoxy) is 1. The van der Waals surface area contributed by atoms with E-state index in [2.05, 4.69) is 4.90 Å². The number of nitrogens with zero attached hydrogens (tertiary/aromatic N) is 1. The monoisotopic (exact) mass is 359 g/mol. The smallest absolute Gasteiger partial charge is 0.166 e. The number of phenols is 1. The van der Waals surface area contributed by atoms with Crippen molar-refractivity contribution in [2.75, 3.05) is 26.2 Å². The van der Waals surface area contributed by atoms with Crippen LogP contribution in [0.1, 0.15) is 23.2 Å². The van der Waals surface area contributed by atoms with Crippen LogP contribution in [0.15, 0.2) is 48.5 Å². The molecule has 0 radical (unpaired) electrons. The number of para-hydroxylation sites is 1. The maximum absolute atomic E-state index is 12.5. The van der Waals surface area contributed by atoms with E-state index in [1.807, 2.05) is 24.3 Å². The number of carbonyl (C=O) groups is 1. The van der Waals surface area contributed by atoms with E-state index in [9.17, 15) is 9.90 Å². The fraction of sp³-hybridized carbons (Fsp3) is 0.350. The first-order valence-electron chi connectivity index (χ1n) is 8.56. The summed E-state index contributed by atoms with van der Waals surface area (Å²) in [6, 6.07) is 14.0. The van der Waals surface area contributed by atoms with Crippen LogP contribution in [0.5, 0.6) is 11.5 Å². The Balaban J connectivity index is 1.43. The highest BCUT2D eigenvalue weighted by Gasteiger charge is 2.25. The number of aromatic hydroxyl groups is 1. The summed E-state index contributed by atoms with van der Waals surface area (Å²) in [6.07, 6.45) is 1.71. The minimum Gasteiger partial charge on any atom is -0.508 e. The van der Waals surface area contributed by atoms with Crippen LogP contribution >= 0.6 is 11.6 Å². The highest BCUT2D eigenvalue weighted by Crippen LogP contribution is 2.24. The van der Waals surface area contributed by atoms with E-state index in [4.69, 9.17) is 16.3 Å². The summed E-state index contributed by atoms with van der Waals surface area (Å²) in [5.41, 5.74) is 0.679. The molecule has 25 heavy (non-hydrogen) atoms. The molecule has 2 aromatic rings. The van der Waals surface area contributed by atoms with E-state index in [1.165, 1.54) is 0 Å². The van der Waals surface area contributed by atoms with Gasteiger partial charge in [-0.1, -0.05) is 23.7 Å². The van der Waals surface area contributed by atoms with Crippen LogP contribution in [0.4, 0.5) is 0 Å². The Hall–Kier alpha value is -2.04. The van der Waals surface area contributed by atoms with Crippen LogP contribution in [0.25, 0.3) is 0 Å². The molecule has 0 bridgehead atoms. The molecule has 0 saturated carbocycles. The highest BCUT2D eigenvalue weighted by molar-refractivity contribution is 6.32. The fourth-order valence-corrected chi connectivity index (χ4v) is 3.32. The molecule has 1 N–H and O–H groups in total. The van der Waals surface area contributed by atoms with E-state index in [1.54, 1.807) is 24.3 Å². The molecule has 1 aliphatic rings.